The fourth-order valence-corrected chi connectivity index (χ4v) is 3.54. The molecule has 2 amide bonds. The van der Waals surface area contributed by atoms with Gasteiger partial charge in [-0.1, -0.05) is 35.5 Å². The zero-order valence-electron chi connectivity index (χ0n) is 16.8. The largest absolute Gasteiger partial charge is 0.496 e. The Labute approximate surface area is 173 Å². The molecular weight excluding hydrogens is 384 g/mol. The van der Waals surface area contributed by atoms with Gasteiger partial charge in [-0.25, -0.2) is 0 Å². The molecule has 1 aliphatic heterocycles. The van der Waals surface area contributed by atoms with Gasteiger partial charge in [0.1, 0.15) is 5.75 Å². The van der Waals surface area contributed by atoms with E-state index in [0.717, 1.165) is 16.9 Å². The average molecular weight is 406 g/mol. The molecule has 0 bridgehead atoms. The van der Waals surface area contributed by atoms with E-state index < -0.39 is 5.92 Å². The number of carbonyl (C=O) groups excluding carboxylic acids is 2. The maximum absolute atomic E-state index is 12.7. The van der Waals surface area contributed by atoms with E-state index in [1.54, 1.807) is 18.9 Å². The van der Waals surface area contributed by atoms with Gasteiger partial charge in [0.2, 0.25) is 23.5 Å². The van der Waals surface area contributed by atoms with Crippen molar-refractivity contribution < 1.29 is 18.8 Å². The van der Waals surface area contributed by atoms with E-state index in [0.29, 0.717) is 30.5 Å². The molecule has 8 heteroatoms. The highest BCUT2D eigenvalue weighted by atomic mass is 16.5. The van der Waals surface area contributed by atoms with Gasteiger partial charge in [0.05, 0.1) is 13.0 Å². The SMILES string of the molecule is COc1ccccc1CNC(=O)[C@@H]1CC(=O)N(c2cccc(-c3noc(C)n3)c2)C1. The van der Waals surface area contributed by atoms with E-state index in [1.807, 2.05) is 48.5 Å². The number of hydrogen-bond donors (Lipinski definition) is 1. The first-order valence-corrected chi connectivity index (χ1v) is 9.66. The third kappa shape index (κ3) is 4.03. The van der Waals surface area contributed by atoms with Gasteiger partial charge in [0.25, 0.3) is 0 Å². The smallest absolute Gasteiger partial charge is 0.227 e. The number of carbonyl (C=O) groups is 2. The van der Waals surface area contributed by atoms with Crippen molar-refractivity contribution in [3.63, 3.8) is 0 Å². The molecule has 0 saturated carbocycles. The second kappa shape index (κ2) is 8.36. The minimum absolute atomic E-state index is 0.0890. The van der Waals surface area contributed by atoms with Crippen LogP contribution in [-0.4, -0.2) is 35.6 Å². The summed E-state index contributed by atoms with van der Waals surface area (Å²) in [5.41, 5.74) is 2.35. The molecule has 2 heterocycles. The van der Waals surface area contributed by atoms with E-state index in [-0.39, 0.29) is 18.2 Å². The minimum atomic E-state index is -0.414. The molecule has 0 spiro atoms. The first-order valence-electron chi connectivity index (χ1n) is 9.66. The zero-order valence-corrected chi connectivity index (χ0v) is 16.8. The van der Waals surface area contributed by atoms with Crippen LogP contribution < -0.4 is 15.0 Å². The molecule has 0 radical (unpaired) electrons. The predicted octanol–water partition coefficient (Wildman–Crippen LogP) is 2.72. The number of nitrogens with one attached hydrogen (secondary N) is 1. The number of ether oxygens (including phenoxy) is 1. The summed E-state index contributed by atoms with van der Waals surface area (Å²) in [6.07, 6.45) is 0.170. The lowest BCUT2D eigenvalue weighted by atomic mass is 10.1. The van der Waals surface area contributed by atoms with Crippen LogP contribution in [0.5, 0.6) is 5.75 Å². The summed E-state index contributed by atoms with van der Waals surface area (Å²) in [5, 5.41) is 6.84. The standard InChI is InChI=1S/C22H22N4O4/c1-14-24-21(25-30-14)15-7-5-8-18(10-15)26-13-17(11-20(26)27)22(28)23-12-16-6-3-4-9-19(16)29-2/h3-10,17H,11-13H2,1-2H3,(H,23,28)/t17-/m1/s1. The number of nitrogens with zero attached hydrogens (tertiary/aromatic N) is 3. The topological polar surface area (TPSA) is 97.6 Å². The van der Waals surface area contributed by atoms with Crippen LogP contribution >= 0.6 is 0 Å². The maximum atomic E-state index is 12.7. The summed E-state index contributed by atoms with van der Waals surface area (Å²) in [6.45, 7) is 2.39. The molecule has 0 unspecified atom stereocenters. The lowest BCUT2D eigenvalue weighted by Gasteiger charge is -2.17. The van der Waals surface area contributed by atoms with E-state index in [2.05, 4.69) is 15.5 Å². The van der Waals surface area contributed by atoms with Crippen LogP contribution in [0.4, 0.5) is 5.69 Å². The Hall–Kier alpha value is -3.68. The van der Waals surface area contributed by atoms with Crippen molar-refractivity contribution in [1.82, 2.24) is 15.5 Å². The zero-order chi connectivity index (χ0) is 21.1. The van der Waals surface area contributed by atoms with Crippen molar-refractivity contribution in [3.8, 4) is 17.1 Å². The molecule has 1 saturated heterocycles. The van der Waals surface area contributed by atoms with Gasteiger partial charge in [0, 0.05) is 43.2 Å². The molecule has 8 nitrogen and oxygen atoms in total. The molecule has 1 aliphatic rings. The van der Waals surface area contributed by atoms with Crippen molar-refractivity contribution in [3.05, 3.63) is 60.0 Å². The van der Waals surface area contributed by atoms with Gasteiger partial charge in [-0.2, -0.15) is 4.98 Å². The summed E-state index contributed by atoms with van der Waals surface area (Å²) in [6, 6.07) is 14.9. The number of methoxy groups -OCH3 is 1. The van der Waals surface area contributed by atoms with Crippen LogP contribution in [-0.2, 0) is 16.1 Å². The third-order valence-electron chi connectivity index (χ3n) is 5.09. The first-order chi connectivity index (χ1) is 14.5. The van der Waals surface area contributed by atoms with Gasteiger partial charge < -0.3 is 19.5 Å². The summed E-state index contributed by atoms with van der Waals surface area (Å²) >= 11 is 0. The van der Waals surface area contributed by atoms with Gasteiger partial charge in [0.15, 0.2) is 0 Å². The molecule has 154 valence electrons. The number of benzene rings is 2. The van der Waals surface area contributed by atoms with E-state index in [9.17, 15) is 9.59 Å². The van der Waals surface area contributed by atoms with Gasteiger partial charge in [-0.15, -0.1) is 0 Å². The Bertz CT molecular complexity index is 1080. The lowest BCUT2D eigenvalue weighted by Crippen LogP contribution is -2.32. The number of para-hydroxylation sites is 1. The molecule has 2 aromatic carbocycles. The van der Waals surface area contributed by atoms with Crippen molar-refractivity contribution in [1.29, 1.82) is 0 Å². The monoisotopic (exact) mass is 406 g/mol. The number of amides is 2. The van der Waals surface area contributed by atoms with Crippen LogP contribution in [0.2, 0.25) is 0 Å². The summed E-state index contributed by atoms with van der Waals surface area (Å²) < 4.78 is 10.3. The van der Waals surface area contributed by atoms with Gasteiger partial charge in [-0.05, 0) is 18.2 Å². The van der Waals surface area contributed by atoms with Crippen molar-refractivity contribution >= 4 is 17.5 Å². The Kier molecular flexibility index (Phi) is 5.47. The van der Waals surface area contributed by atoms with E-state index in [4.69, 9.17) is 9.26 Å². The predicted molar refractivity (Wildman–Crippen MR) is 110 cm³/mol. The fraction of sp³-hybridized carbons (Fsp3) is 0.273. The Morgan fingerprint density at radius 1 is 1.27 bits per heavy atom. The highest BCUT2D eigenvalue weighted by Crippen LogP contribution is 2.28. The molecule has 30 heavy (non-hydrogen) atoms. The summed E-state index contributed by atoms with van der Waals surface area (Å²) in [7, 11) is 1.60. The van der Waals surface area contributed by atoms with Crippen molar-refractivity contribution in [2.45, 2.75) is 19.9 Å². The number of aromatic nitrogens is 2. The fourth-order valence-electron chi connectivity index (χ4n) is 3.54. The Balaban J connectivity index is 1.43. The molecule has 1 atom stereocenters. The summed E-state index contributed by atoms with van der Waals surface area (Å²) in [5.74, 6) is 1.00. The maximum Gasteiger partial charge on any atom is 0.227 e. The molecule has 1 aromatic heterocycles. The highest BCUT2D eigenvalue weighted by molar-refractivity contribution is 6.00. The first kappa shape index (κ1) is 19.6. The quantitative estimate of drug-likeness (QED) is 0.676. The lowest BCUT2D eigenvalue weighted by molar-refractivity contribution is -0.126. The summed E-state index contributed by atoms with van der Waals surface area (Å²) in [4.78, 5) is 31.1. The second-order valence-corrected chi connectivity index (χ2v) is 7.12. The Morgan fingerprint density at radius 3 is 2.87 bits per heavy atom. The van der Waals surface area contributed by atoms with Gasteiger partial charge >= 0.3 is 0 Å². The number of rotatable bonds is 6. The third-order valence-corrected chi connectivity index (χ3v) is 5.09. The van der Waals surface area contributed by atoms with Crippen LogP contribution in [0, 0.1) is 12.8 Å². The molecular formula is C22H22N4O4. The molecule has 1 fully saturated rings. The highest BCUT2D eigenvalue weighted by Gasteiger charge is 2.35. The van der Waals surface area contributed by atoms with Crippen molar-refractivity contribution in [2.24, 2.45) is 5.92 Å². The number of hydrogen-bond acceptors (Lipinski definition) is 6. The second-order valence-electron chi connectivity index (χ2n) is 7.12. The average Bonchev–Trinajstić information content (AvgIpc) is 3.38. The molecule has 1 N–H and O–H groups in total. The van der Waals surface area contributed by atoms with E-state index >= 15 is 0 Å². The minimum Gasteiger partial charge on any atom is -0.496 e. The number of anilines is 1. The van der Waals surface area contributed by atoms with E-state index in [1.165, 1.54) is 0 Å². The van der Waals surface area contributed by atoms with Crippen molar-refractivity contribution in [2.75, 3.05) is 18.6 Å². The Morgan fingerprint density at radius 2 is 2.10 bits per heavy atom. The van der Waals surface area contributed by atoms with Gasteiger partial charge in [-0.3, -0.25) is 9.59 Å². The van der Waals surface area contributed by atoms with Crippen LogP contribution in [0.25, 0.3) is 11.4 Å². The normalized spacial score (nSPS) is 16.0. The number of aryl methyl sites for hydroxylation is 1. The van der Waals surface area contributed by atoms with Crippen LogP contribution in [0.3, 0.4) is 0 Å². The van der Waals surface area contributed by atoms with Crippen LogP contribution in [0.15, 0.2) is 53.1 Å². The van der Waals surface area contributed by atoms with Crippen LogP contribution in [0.1, 0.15) is 17.9 Å². The molecule has 4 rings (SSSR count). The molecule has 0 aliphatic carbocycles. The molecule has 3 aromatic rings.